The highest BCUT2D eigenvalue weighted by molar-refractivity contribution is 5.94. The molecule has 18 heteroatoms. The molecule has 1 saturated heterocycles. The molecule has 3 aromatic rings. The summed E-state index contributed by atoms with van der Waals surface area (Å²) in [7, 11) is 1.36. The normalized spacial score (nSPS) is 22.7. The summed E-state index contributed by atoms with van der Waals surface area (Å²) in [5.41, 5.74) is 0.245. The quantitative estimate of drug-likeness (QED) is 0.304. The monoisotopic (exact) mass is 656 g/mol. The number of alkyl halides is 5. The molecule has 3 aliphatic rings. The standard InChI is InChI=1S/C28H33F5N8O5/c1-26(6-3-7-26)45-24-22(38-46-39-24)23(42)37-21(15-4-8-27(29,30)9-5-15)17-12-41-20(35-17)10-16(11-34-41)18(14-44-2)40-13-19(28(31,32)33)36-25(40)43/h10-12,15,18-19,21H,3-9,13-14H2,1-2H3,(H,36,43)(H,37,42)/t18-,19+,21+/m1/s1. The molecular formula is C28H33F5N8O5. The third-order valence-corrected chi connectivity index (χ3v) is 9.04. The van der Waals surface area contributed by atoms with Crippen LogP contribution in [0.15, 0.2) is 23.1 Å². The summed E-state index contributed by atoms with van der Waals surface area (Å²) in [5.74, 6) is -4.00. The highest BCUT2D eigenvalue weighted by atomic mass is 19.4. The zero-order valence-corrected chi connectivity index (χ0v) is 25.0. The topological polar surface area (TPSA) is 149 Å². The Morgan fingerprint density at radius 3 is 2.59 bits per heavy atom. The number of carbonyl (C=O) groups excluding carboxylic acids is 2. The van der Waals surface area contributed by atoms with E-state index in [4.69, 9.17) is 14.1 Å². The van der Waals surface area contributed by atoms with Gasteiger partial charge >= 0.3 is 12.2 Å². The summed E-state index contributed by atoms with van der Waals surface area (Å²) in [6, 6.07) is -3.15. The molecule has 6 rings (SSSR count). The van der Waals surface area contributed by atoms with E-state index < -0.39 is 60.2 Å². The van der Waals surface area contributed by atoms with Gasteiger partial charge in [0.15, 0.2) is 5.65 Å². The summed E-state index contributed by atoms with van der Waals surface area (Å²) < 4.78 is 85.6. The van der Waals surface area contributed by atoms with Crippen molar-refractivity contribution >= 4 is 17.6 Å². The van der Waals surface area contributed by atoms with E-state index in [1.54, 1.807) is 6.07 Å². The smallest absolute Gasteiger partial charge is 0.410 e. The van der Waals surface area contributed by atoms with Crippen LogP contribution in [0.4, 0.5) is 26.7 Å². The van der Waals surface area contributed by atoms with E-state index in [1.165, 1.54) is 24.0 Å². The van der Waals surface area contributed by atoms with Crippen molar-refractivity contribution in [3.63, 3.8) is 0 Å². The lowest BCUT2D eigenvalue weighted by molar-refractivity contribution is -0.150. The third kappa shape index (κ3) is 6.43. The van der Waals surface area contributed by atoms with Gasteiger partial charge < -0.3 is 25.0 Å². The third-order valence-electron chi connectivity index (χ3n) is 9.04. The van der Waals surface area contributed by atoms with Crippen molar-refractivity contribution in [2.45, 2.75) is 87.7 Å². The summed E-state index contributed by atoms with van der Waals surface area (Å²) in [6.45, 7) is 1.15. The highest BCUT2D eigenvalue weighted by Crippen LogP contribution is 2.42. The number of hydrogen-bond acceptors (Lipinski definition) is 9. The van der Waals surface area contributed by atoms with Crippen LogP contribution in [0.2, 0.25) is 0 Å². The lowest BCUT2D eigenvalue weighted by atomic mass is 9.81. The molecule has 3 aromatic heterocycles. The number of rotatable bonds is 10. The summed E-state index contributed by atoms with van der Waals surface area (Å²) in [6.07, 6.45) is 0.268. The molecule has 13 nitrogen and oxygen atoms in total. The van der Waals surface area contributed by atoms with Gasteiger partial charge in [0.1, 0.15) is 11.6 Å². The summed E-state index contributed by atoms with van der Waals surface area (Å²) >= 11 is 0. The minimum Gasteiger partial charge on any atom is -0.467 e. The van der Waals surface area contributed by atoms with Crippen LogP contribution in [0.1, 0.15) is 85.7 Å². The maximum absolute atomic E-state index is 14.1. The number of urea groups is 1. The van der Waals surface area contributed by atoms with Crippen LogP contribution in [-0.4, -0.2) is 85.8 Å². The number of halogens is 5. The number of methoxy groups -OCH3 is 1. The molecule has 1 aliphatic heterocycles. The number of carbonyl (C=O) groups is 2. The van der Waals surface area contributed by atoms with Crippen LogP contribution in [0.3, 0.4) is 0 Å². The van der Waals surface area contributed by atoms with Crippen LogP contribution in [-0.2, 0) is 4.74 Å². The predicted molar refractivity (Wildman–Crippen MR) is 147 cm³/mol. The lowest BCUT2D eigenvalue weighted by Gasteiger charge is -2.37. The fourth-order valence-corrected chi connectivity index (χ4v) is 6.21. The Morgan fingerprint density at radius 2 is 1.96 bits per heavy atom. The first-order chi connectivity index (χ1) is 21.7. The van der Waals surface area contributed by atoms with Crippen LogP contribution in [0.5, 0.6) is 5.88 Å². The number of nitrogens with zero attached hydrogens (tertiary/aromatic N) is 6. The molecule has 0 radical (unpaired) electrons. The largest absolute Gasteiger partial charge is 0.467 e. The van der Waals surface area contributed by atoms with Crippen molar-refractivity contribution in [3.05, 3.63) is 35.4 Å². The number of hydrogen-bond donors (Lipinski definition) is 2. The number of ether oxygens (including phenoxy) is 2. The van der Waals surface area contributed by atoms with Gasteiger partial charge in [-0.3, -0.25) is 4.79 Å². The van der Waals surface area contributed by atoms with Gasteiger partial charge in [0.05, 0.1) is 43.3 Å². The van der Waals surface area contributed by atoms with Crippen molar-refractivity contribution in [1.82, 2.24) is 40.4 Å². The van der Waals surface area contributed by atoms with E-state index >= 15 is 0 Å². The average Bonchev–Trinajstić information content (AvgIpc) is 3.72. The van der Waals surface area contributed by atoms with E-state index in [0.717, 1.165) is 24.2 Å². The zero-order chi connectivity index (χ0) is 32.9. The predicted octanol–water partition coefficient (Wildman–Crippen LogP) is 4.37. The fourth-order valence-electron chi connectivity index (χ4n) is 6.21. The Hall–Kier alpha value is -4.09. The van der Waals surface area contributed by atoms with Gasteiger partial charge in [0.25, 0.3) is 11.8 Å². The SMILES string of the molecule is COC[C@H](c1cnn2cc([C@@H](NC(=O)c3nonc3OC3(C)CCC3)C3CCC(F)(F)CC3)nc2c1)N1C[C@@H](C(F)(F)F)NC1=O. The molecule has 3 amide bonds. The van der Waals surface area contributed by atoms with E-state index in [1.807, 2.05) is 12.2 Å². The van der Waals surface area contributed by atoms with Gasteiger partial charge in [-0.15, -0.1) is 0 Å². The molecule has 3 fully saturated rings. The van der Waals surface area contributed by atoms with E-state index in [-0.39, 0.29) is 49.5 Å². The van der Waals surface area contributed by atoms with Gasteiger partial charge in [-0.25, -0.2) is 27.7 Å². The first kappa shape index (κ1) is 31.9. The van der Waals surface area contributed by atoms with Crippen molar-refractivity contribution in [2.24, 2.45) is 5.92 Å². The Morgan fingerprint density at radius 1 is 1.22 bits per heavy atom. The van der Waals surface area contributed by atoms with Crippen molar-refractivity contribution in [1.29, 1.82) is 0 Å². The number of imidazole rings is 1. The molecule has 2 aliphatic carbocycles. The second-order valence-corrected chi connectivity index (χ2v) is 12.4. The molecule has 0 bridgehead atoms. The second-order valence-electron chi connectivity index (χ2n) is 12.4. The molecule has 0 spiro atoms. The van der Waals surface area contributed by atoms with E-state index in [2.05, 4.69) is 25.7 Å². The number of fused-ring (bicyclic) bond motifs is 1. The summed E-state index contributed by atoms with van der Waals surface area (Å²) in [4.78, 5) is 31.7. The second kappa shape index (κ2) is 11.9. The Labute approximate surface area is 259 Å². The summed E-state index contributed by atoms with van der Waals surface area (Å²) in [5, 5.41) is 16.6. The van der Waals surface area contributed by atoms with Gasteiger partial charge in [-0.1, -0.05) is 0 Å². The Kier molecular flexibility index (Phi) is 8.27. The average molecular weight is 657 g/mol. The maximum atomic E-state index is 14.1. The molecular weight excluding hydrogens is 623 g/mol. The van der Waals surface area contributed by atoms with Gasteiger partial charge in [0.2, 0.25) is 11.6 Å². The van der Waals surface area contributed by atoms with Gasteiger partial charge in [0, 0.05) is 25.5 Å². The zero-order valence-electron chi connectivity index (χ0n) is 25.0. The van der Waals surface area contributed by atoms with Crippen molar-refractivity contribution < 1.29 is 45.6 Å². The van der Waals surface area contributed by atoms with Crippen LogP contribution >= 0.6 is 0 Å². The van der Waals surface area contributed by atoms with Crippen molar-refractivity contribution in [3.8, 4) is 5.88 Å². The van der Waals surface area contributed by atoms with Crippen LogP contribution < -0.4 is 15.4 Å². The van der Waals surface area contributed by atoms with Crippen LogP contribution in [0, 0.1) is 5.92 Å². The van der Waals surface area contributed by atoms with E-state index in [0.29, 0.717) is 11.3 Å². The van der Waals surface area contributed by atoms with E-state index in [9.17, 15) is 31.5 Å². The Balaban J connectivity index is 1.28. The first-order valence-corrected chi connectivity index (χ1v) is 14.9. The number of aromatic nitrogens is 5. The molecule has 0 unspecified atom stereocenters. The highest BCUT2D eigenvalue weighted by Gasteiger charge is 2.49. The lowest BCUT2D eigenvalue weighted by Crippen LogP contribution is -2.41. The first-order valence-electron chi connectivity index (χ1n) is 14.9. The minimum atomic E-state index is -4.63. The number of nitrogens with one attached hydrogen (secondary N) is 2. The molecule has 0 aromatic carbocycles. The minimum absolute atomic E-state index is 0.0714. The molecule has 2 saturated carbocycles. The molecule has 4 heterocycles. The molecule has 3 atom stereocenters. The molecule has 2 N–H and O–H groups in total. The fraction of sp³-hybridized carbons (Fsp3) is 0.643. The Bertz CT molecular complexity index is 1580. The van der Waals surface area contributed by atoms with Crippen molar-refractivity contribution in [2.75, 3.05) is 20.3 Å². The van der Waals surface area contributed by atoms with Gasteiger partial charge in [-0.05, 0) is 61.3 Å². The molecule has 46 heavy (non-hydrogen) atoms. The molecule has 250 valence electrons. The maximum Gasteiger partial charge on any atom is 0.410 e. The van der Waals surface area contributed by atoms with Gasteiger partial charge in [-0.2, -0.15) is 18.3 Å². The van der Waals surface area contributed by atoms with Crippen LogP contribution in [0.25, 0.3) is 5.65 Å². The number of amides is 3.